The molecule has 0 fully saturated rings. The Morgan fingerprint density at radius 1 is 0.788 bits per heavy atom. The molecule has 0 bridgehead atoms. The molecule has 0 spiro atoms. The lowest BCUT2D eigenvalue weighted by molar-refractivity contribution is 0.405. The second-order valence-electron chi connectivity index (χ2n) is 6.77. The van der Waals surface area contributed by atoms with Gasteiger partial charge in [0.05, 0.1) is 25.6 Å². The number of benzene rings is 3. The summed E-state index contributed by atoms with van der Waals surface area (Å²) in [6.45, 7) is 7.54. The SMILES string of the molecule is C=C/C=C(\C=C)C(=Nc1cccc(Sc2cccc(N=C(OC)c3ccccc3)c2)c1)OC. The molecular formula is C28H26N2O2S. The average Bonchev–Trinajstić information content (AvgIpc) is 2.85. The van der Waals surface area contributed by atoms with Crippen molar-refractivity contribution in [2.45, 2.75) is 9.79 Å². The van der Waals surface area contributed by atoms with Crippen LogP contribution in [0.3, 0.4) is 0 Å². The zero-order chi connectivity index (χ0) is 23.5. The summed E-state index contributed by atoms with van der Waals surface area (Å²) in [4.78, 5) is 11.4. The molecule has 3 aromatic rings. The minimum absolute atomic E-state index is 0.483. The summed E-state index contributed by atoms with van der Waals surface area (Å²) in [6.07, 6.45) is 5.18. The Morgan fingerprint density at radius 2 is 1.42 bits per heavy atom. The Hall–Kier alpha value is -3.83. The van der Waals surface area contributed by atoms with Crippen LogP contribution in [0.15, 0.2) is 136 Å². The highest BCUT2D eigenvalue weighted by molar-refractivity contribution is 7.99. The number of ether oxygens (including phenoxy) is 2. The average molecular weight is 455 g/mol. The third kappa shape index (κ3) is 6.82. The summed E-state index contributed by atoms with van der Waals surface area (Å²) in [5, 5.41) is 0. The molecule has 0 saturated heterocycles. The van der Waals surface area contributed by atoms with Crippen LogP contribution in [0, 0.1) is 0 Å². The first-order chi connectivity index (χ1) is 16.2. The van der Waals surface area contributed by atoms with Crippen molar-refractivity contribution in [3.8, 4) is 0 Å². The summed E-state index contributed by atoms with van der Waals surface area (Å²) in [7, 11) is 3.22. The van der Waals surface area contributed by atoms with E-state index in [1.165, 1.54) is 0 Å². The highest BCUT2D eigenvalue weighted by Crippen LogP contribution is 2.32. The van der Waals surface area contributed by atoms with Crippen LogP contribution in [-0.4, -0.2) is 26.0 Å². The van der Waals surface area contributed by atoms with Crippen LogP contribution in [0.1, 0.15) is 5.56 Å². The summed E-state index contributed by atoms with van der Waals surface area (Å²) in [6, 6.07) is 25.8. The van der Waals surface area contributed by atoms with Gasteiger partial charge in [-0.05, 0) is 48.5 Å². The maximum atomic E-state index is 5.51. The number of methoxy groups -OCH3 is 2. The minimum Gasteiger partial charge on any atom is -0.481 e. The predicted octanol–water partition coefficient (Wildman–Crippen LogP) is 7.54. The summed E-state index contributed by atoms with van der Waals surface area (Å²) in [5.74, 6) is 1.06. The molecule has 0 N–H and O–H groups in total. The number of hydrogen-bond acceptors (Lipinski definition) is 5. The Morgan fingerprint density at radius 3 is 1.97 bits per heavy atom. The second kappa shape index (κ2) is 12.3. The first-order valence-electron chi connectivity index (χ1n) is 10.3. The highest BCUT2D eigenvalue weighted by Gasteiger charge is 2.06. The van der Waals surface area contributed by atoms with Gasteiger partial charge in [-0.3, -0.25) is 0 Å². The van der Waals surface area contributed by atoms with Crippen LogP contribution in [0.25, 0.3) is 0 Å². The van der Waals surface area contributed by atoms with E-state index in [9.17, 15) is 0 Å². The van der Waals surface area contributed by atoms with Gasteiger partial charge < -0.3 is 9.47 Å². The van der Waals surface area contributed by atoms with Crippen molar-refractivity contribution in [3.63, 3.8) is 0 Å². The number of rotatable bonds is 8. The standard InChI is InChI=1S/C28H26N2O2S/c1-5-12-21(6-2)27(31-3)29-23-15-10-17-25(19-23)33-26-18-11-16-24(20-26)30-28(32-4)22-13-8-7-9-14-22/h5-20H,1-2H2,3-4H3/b21-12+,29-27?,30-28?. The Labute approximate surface area is 199 Å². The summed E-state index contributed by atoms with van der Waals surface area (Å²) in [5.41, 5.74) is 3.31. The van der Waals surface area contributed by atoms with Gasteiger partial charge in [-0.1, -0.05) is 73.5 Å². The van der Waals surface area contributed by atoms with Gasteiger partial charge in [0.15, 0.2) is 0 Å². The van der Waals surface area contributed by atoms with E-state index in [0.29, 0.717) is 11.8 Å². The molecule has 3 aromatic carbocycles. The van der Waals surface area contributed by atoms with E-state index in [2.05, 4.69) is 29.2 Å². The Kier molecular flexibility index (Phi) is 8.86. The van der Waals surface area contributed by atoms with Gasteiger partial charge in [-0.25, -0.2) is 9.98 Å². The third-order valence-electron chi connectivity index (χ3n) is 4.50. The zero-order valence-electron chi connectivity index (χ0n) is 18.8. The van der Waals surface area contributed by atoms with Gasteiger partial charge in [-0.2, -0.15) is 0 Å². The van der Waals surface area contributed by atoms with E-state index in [1.54, 1.807) is 38.1 Å². The van der Waals surface area contributed by atoms with Crippen LogP contribution in [0.5, 0.6) is 0 Å². The summed E-state index contributed by atoms with van der Waals surface area (Å²) >= 11 is 1.63. The molecular weight excluding hydrogens is 428 g/mol. The lowest BCUT2D eigenvalue weighted by Gasteiger charge is -2.08. The molecule has 166 valence electrons. The number of aliphatic imine (C=N–C) groups is 2. The number of allylic oxidation sites excluding steroid dienone is 2. The van der Waals surface area contributed by atoms with Gasteiger partial charge in [0.1, 0.15) is 0 Å². The summed E-state index contributed by atoms with van der Waals surface area (Å²) < 4.78 is 11.0. The lowest BCUT2D eigenvalue weighted by atomic mass is 10.2. The molecule has 0 amide bonds. The molecule has 0 aliphatic heterocycles. The normalized spacial score (nSPS) is 12.2. The minimum atomic E-state index is 0.483. The van der Waals surface area contributed by atoms with Gasteiger partial charge in [-0.15, -0.1) is 0 Å². The fraction of sp³-hybridized carbons (Fsp3) is 0.0714. The van der Waals surface area contributed by atoms with Gasteiger partial charge in [0, 0.05) is 20.9 Å². The fourth-order valence-corrected chi connectivity index (χ4v) is 3.92. The van der Waals surface area contributed by atoms with E-state index >= 15 is 0 Å². The van der Waals surface area contributed by atoms with Crippen LogP contribution >= 0.6 is 11.8 Å². The van der Waals surface area contributed by atoms with Crippen molar-refractivity contribution in [3.05, 3.63) is 121 Å². The van der Waals surface area contributed by atoms with E-state index in [0.717, 1.165) is 32.3 Å². The van der Waals surface area contributed by atoms with E-state index in [4.69, 9.17) is 9.47 Å². The van der Waals surface area contributed by atoms with Gasteiger partial charge in [0.25, 0.3) is 0 Å². The molecule has 33 heavy (non-hydrogen) atoms. The molecule has 3 rings (SSSR count). The largest absolute Gasteiger partial charge is 0.481 e. The fourth-order valence-electron chi connectivity index (χ4n) is 2.99. The van der Waals surface area contributed by atoms with Crippen molar-refractivity contribution < 1.29 is 9.47 Å². The van der Waals surface area contributed by atoms with Crippen LogP contribution in [0.4, 0.5) is 11.4 Å². The van der Waals surface area contributed by atoms with Crippen molar-refractivity contribution in [1.29, 1.82) is 0 Å². The molecule has 0 heterocycles. The Balaban J connectivity index is 1.84. The molecule has 0 radical (unpaired) electrons. The Bertz CT molecular complexity index is 1200. The zero-order valence-corrected chi connectivity index (χ0v) is 19.6. The van der Waals surface area contributed by atoms with Crippen molar-refractivity contribution in [2.24, 2.45) is 9.98 Å². The predicted molar refractivity (Wildman–Crippen MR) is 139 cm³/mol. The number of nitrogens with zero attached hydrogens (tertiary/aromatic N) is 2. The number of hydrogen-bond donors (Lipinski definition) is 0. The van der Waals surface area contributed by atoms with Crippen molar-refractivity contribution in [1.82, 2.24) is 0 Å². The molecule has 0 aromatic heterocycles. The maximum absolute atomic E-state index is 5.51. The molecule has 5 heteroatoms. The van der Waals surface area contributed by atoms with E-state index in [1.807, 2.05) is 78.9 Å². The van der Waals surface area contributed by atoms with Crippen LogP contribution < -0.4 is 0 Å². The van der Waals surface area contributed by atoms with Gasteiger partial charge in [0.2, 0.25) is 11.8 Å². The van der Waals surface area contributed by atoms with Crippen molar-refractivity contribution >= 4 is 34.9 Å². The topological polar surface area (TPSA) is 43.2 Å². The third-order valence-corrected chi connectivity index (χ3v) is 5.48. The van der Waals surface area contributed by atoms with Gasteiger partial charge >= 0.3 is 0 Å². The molecule has 0 aliphatic carbocycles. The molecule has 4 nitrogen and oxygen atoms in total. The van der Waals surface area contributed by atoms with Crippen LogP contribution in [0.2, 0.25) is 0 Å². The monoisotopic (exact) mass is 454 g/mol. The molecule has 0 atom stereocenters. The van der Waals surface area contributed by atoms with E-state index in [-0.39, 0.29) is 0 Å². The first-order valence-corrected chi connectivity index (χ1v) is 11.1. The molecule has 0 unspecified atom stereocenters. The smallest absolute Gasteiger partial charge is 0.220 e. The highest BCUT2D eigenvalue weighted by atomic mass is 32.2. The molecule has 0 saturated carbocycles. The molecule has 0 aliphatic rings. The maximum Gasteiger partial charge on any atom is 0.220 e. The van der Waals surface area contributed by atoms with Crippen LogP contribution in [-0.2, 0) is 9.47 Å². The quantitative estimate of drug-likeness (QED) is 0.201. The lowest BCUT2D eigenvalue weighted by Crippen LogP contribution is -2.03. The second-order valence-corrected chi connectivity index (χ2v) is 7.91. The van der Waals surface area contributed by atoms with E-state index < -0.39 is 0 Å². The van der Waals surface area contributed by atoms with Crippen molar-refractivity contribution in [2.75, 3.05) is 14.2 Å². The first kappa shape index (κ1) is 23.8.